The maximum absolute atomic E-state index is 12.5. The van der Waals surface area contributed by atoms with Gasteiger partial charge in [-0.25, -0.2) is 4.79 Å². The van der Waals surface area contributed by atoms with Crippen molar-refractivity contribution in [2.24, 2.45) is 0 Å². The number of amides is 3. The summed E-state index contributed by atoms with van der Waals surface area (Å²) in [6.45, 7) is 1.85. The SMILES string of the molecule is CCCC(NC(=O)Cc1ccccc1)C(=O)ON1C(=O)c2ccccc2C1=O. The quantitative estimate of drug-likeness (QED) is 0.744. The van der Waals surface area contributed by atoms with Gasteiger partial charge in [0.25, 0.3) is 11.8 Å². The van der Waals surface area contributed by atoms with Gasteiger partial charge in [0.15, 0.2) is 0 Å². The first-order valence-corrected chi connectivity index (χ1v) is 9.04. The molecule has 0 aliphatic carbocycles. The van der Waals surface area contributed by atoms with Crippen molar-refractivity contribution >= 4 is 23.7 Å². The summed E-state index contributed by atoms with van der Waals surface area (Å²) < 4.78 is 0. The number of hydroxylamine groups is 2. The Balaban J connectivity index is 1.66. The molecule has 0 saturated heterocycles. The van der Waals surface area contributed by atoms with E-state index >= 15 is 0 Å². The summed E-state index contributed by atoms with van der Waals surface area (Å²) in [6, 6.07) is 14.4. The van der Waals surface area contributed by atoms with Gasteiger partial charge < -0.3 is 10.2 Å². The zero-order valence-corrected chi connectivity index (χ0v) is 15.4. The van der Waals surface area contributed by atoms with Crippen molar-refractivity contribution in [3.63, 3.8) is 0 Å². The summed E-state index contributed by atoms with van der Waals surface area (Å²) in [5.74, 6) is -2.58. The smallest absolute Gasteiger partial charge is 0.342 e. The highest BCUT2D eigenvalue weighted by molar-refractivity contribution is 6.20. The second-order valence-electron chi connectivity index (χ2n) is 6.43. The first-order valence-electron chi connectivity index (χ1n) is 9.04. The highest BCUT2D eigenvalue weighted by atomic mass is 16.7. The Kier molecular flexibility index (Phi) is 5.84. The van der Waals surface area contributed by atoms with E-state index in [0.29, 0.717) is 17.9 Å². The summed E-state index contributed by atoms with van der Waals surface area (Å²) in [7, 11) is 0. The lowest BCUT2D eigenvalue weighted by Crippen LogP contribution is -2.45. The van der Waals surface area contributed by atoms with E-state index in [1.165, 1.54) is 12.1 Å². The predicted molar refractivity (Wildman–Crippen MR) is 100 cm³/mol. The largest absolute Gasteiger partial charge is 0.355 e. The number of hydrogen-bond acceptors (Lipinski definition) is 5. The second kappa shape index (κ2) is 8.47. The summed E-state index contributed by atoms with van der Waals surface area (Å²) in [4.78, 5) is 54.5. The minimum absolute atomic E-state index is 0.112. The van der Waals surface area contributed by atoms with Crippen LogP contribution in [0.1, 0.15) is 46.0 Å². The van der Waals surface area contributed by atoms with Crippen molar-refractivity contribution in [3.8, 4) is 0 Å². The zero-order chi connectivity index (χ0) is 20.1. The number of nitrogens with one attached hydrogen (secondary N) is 1. The molecular weight excluding hydrogens is 360 g/mol. The molecule has 2 aromatic carbocycles. The average molecular weight is 380 g/mol. The van der Waals surface area contributed by atoms with Crippen LogP contribution in [0.25, 0.3) is 0 Å². The van der Waals surface area contributed by atoms with E-state index < -0.39 is 23.8 Å². The molecule has 1 N–H and O–H groups in total. The number of benzene rings is 2. The van der Waals surface area contributed by atoms with E-state index in [0.717, 1.165) is 5.56 Å². The lowest BCUT2D eigenvalue weighted by molar-refractivity contribution is -0.172. The van der Waals surface area contributed by atoms with Crippen molar-refractivity contribution in [2.45, 2.75) is 32.2 Å². The third-order valence-corrected chi connectivity index (χ3v) is 4.34. The molecule has 7 nitrogen and oxygen atoms in total. The van der Waals surface area contributed by atoms with Crippen LogP contribution in [0, 0.1) is 0 Å². The predicted octanol–water partition coefficient (Wildman–Crippen LogP) is 2.27. The van der Waals surface area contributed by atoms with Gasteiger partial charge in [-0.15, -0.1) is 0 Å². The Morgan fingerprint density at radius 3 is 2.11 bits per heavy atom. The molecule has 7 heteroatoms. The molecule has 0 saturated carbocycles. The molecule has 0 radical (unpaired) electrons. The Bertz CT molecular complexity index is 875. The minimum Gasteiger partial charge on any atom is -0.342 e. The average Bonchev–Trinajstić information content (AvgIpc) is 2.93. The monoisotopic (exact) mass is 380 g/mol. The van der Waals surface area contributed by atoms with Crippen LogP contribution in [0.2, 0.25) is 0 Å². The van der Waals surface area contributed by atoms with Gasteiger partial charge in [0.05, 0.1) is 17.5 Å². The molecular formula is C21H20N2O5. The molecule has 144 valence electrons. The Morgan fingerprint density at radius 2 is 1.54 bits per heavy atom. The van der Waals surface area contributed by atoms with E-state index in [1.54, 1.807) is 12.1 Å². The van der Waals surface area contributed by atoms with Gasteiger partial charge >= 0.3 is 5.97 Å². The molecule has 28 heavy (non-hydrogen) atoms. The van der Waals surface area contributed by atoms with E-state index in [1.807, 2.05) is 37.3 Å². The van der Waals surface area contributed by atoms with Gasteiger partial charge in [-0.2, -0.15) is 0 Å². The van der Waals surface area contributed by atoms with Crippen LogP contribution in [-0.4, -0.2) is 34.8 Å². The lowest BCUT2D eigenvalue weighted by Gasteiger charge is -2.19. The fourth-order valence-electron chi connectivity index (χ4n) is 2.97. The Hall–Kier alpha value is -3.48. The van der Waals surface area contributed by atoms with E-state index in [9.17, 15) is 19.2 Å². The van der Waals surface area contributed by atoms with Gasteiger partial charge in [-0.05, 0) is 24.1 Å². The summed E-state index contributed by atoms with van der Waals surface area (Å²) in [6.07, 6.45) is 1.04. The highest BCUT2D eigenvalue weighted by Crippen LogP contribution is 2.23. The van der Waals surface area contributed by atoms with Crippen LogP contribution in [0.3, 0.4) is 0 Å². The molecule has 1 heterocycles. The summed E-state index contributed by atoms with van der Waals surface area (Å²) >= 11 is 0. The number of nitrogens with zero attached hydrogens (tertiary/aromatic N) is 1. The fraction of sp³-hybridized carbons (Fsp3) is 0.238. The number of rotatable bonds is 7. The van der Waals surface area contributed by atoms with Crippen LogP contribution in [-0.2, 0) is 20.8 Å². The molecule has 1 aliphatic rings. The first-order chi connectivity index (χ1) is 13.5. The van der Waals surface area contributed by atoms with Crippen LogP contribution in [0.15, 0.2) is 54.6 Å². The summed E-state index contributed by atoms with van der Waals surface area (Å²) in [5.41, 5.74) is 1.17. The zero-order valence-electron chi connectivity index (χ0n) is 15.4. The standard InChI is InChI=1S/C21H20N2O5/c1-2-8-17(22-18(24)13-14-9-4-3-5-10-14)21(27)28-23-19(25)15-11-6-7-12-16(15)20(23)26/h3-7,9-12,17H,2,8,13H2,1H3,(H,22,24). The van der Waals surface area contributed by atoms with E-state index in [-0.39, 0.29) is 23.5 Å². The van der Waals surface area contributed by atoms with Gasteiger partial charge in [0.2, 0.25) is 5.91 Å². The van der Waals surface area contributed by atoms with Gasteiger partial charge in [-0.3, -0.25) is 14.4 Å². The molecule has 1 atom stereocenters. The van der Waals surface area contributed by atoms with Gasteiger partial charge in [0.1, 0.15) is 6.04 Å². The van der Waals surface area contributed by atoms with E-state index in [4.69, 9.17) is 4.84 Å². The highest BCUT2D eigenvalue weighted by Gasteiger charge is 2.39. The number of carbonyl (C=O) groups is 4. The summed E-state index contributed by atoms with van der Waals surface area (Å²) in [5, 5.41) is 3.09. The van der Waals surface area contributed by atoms with Crippen molar-refractivity contribution in [1.82, 2.24) is 10.4 Å². The topological polar surface area (TPSA) is 92.8 Å². The number of imide groups is 1. The third kappa shape index (κ3) is 4.09. The van der Waals surface area contributed by atoms with Crippen molar-refractivity contribution in [3.05, 3.63) is 71.3 Å². The van der Waals surface area contributed by atoms with Crippen LogP contribution in [0.5, 0.6) is 0 Å². The molecule has 3 amide bonds. The third-order valence-electron chi connectivity index (χ3n) is 4.34. The fourth-order valence-corrected chi connectivity index (χ4v) is 2.97. The van der Waals surface area contributed by atoms with Crippen molar-refractivity contribution < 1.29 is 24.0 Å². The Morgan fingerprint density at radius 1 is 0.964 bits per heavy atom. The minimum atomic E-state index is -0.953. The van der Waals surface area contributed by atoms with Gasteiger partial charge in [0, 0.05) is 0 Å². The lowest BCUT2D eigenvalue weighted by atomic mass is 10.1. The molecule has 2 aromatic rings. The molecule has 1 aliphatic heterocycles. The van der Waals surface area contributed by atoms with Crippen LogP contribution >= 0.6 is 0 Å². The van der Waals surface area contributed by atoms with Crippen molar-refractivity contribution in [2.75, 3.05) is 0 Å². The number of hydrogen-bond donors (Lipinski definition) is 1. The van der Waals surface area contributed by atoms with E-state index in [2.05, 4.69) is 5.32 Å². The van der Waals surface area contributed by atoms with Crippen molar-refractivity contribution in [1.29, 1.82) is 0 Å². The molecule has 1 unspecified atom stereocenters. The number of carbonyl (C=O) groups excluding carboxylic acids is 4. The maximum atomic E-state index is 12.5. The second-order valence-corrected chi connectivity index (χ2v) is 6.43. The molecule has 0 bridgehead atoms. The van der Waals surface area contributed by atoms with Crippen LogP contribution < -0.4 is 5.32 Å². The number of fused-ring (bicyclic) bond motifs is 1. The van der Waals surface area contributed by atoms with Crippen LogP contribution in [0.4, 0.5) is 0 Å². The Labute approximate surface area is 162 Å². The maximum Gasteiger partial charge on any atom is 0.355 e. The molecule has 3 rings (SSSR count). The molecule has 0 spiro atoms. The normalized spacial score (nSPS) is 13.8. The first kappa shape index (κ1) is 19.3. The van der Waals surface area contributed by atoms with Gasteiger partial charge in [-0.1, -0.05) is 60.9 Å². The molecule has 0 fully saturated rings. The molecule has 0 aromatic heterocycles.